The quantitative estimate of drug-likeness (QED) is 0.552. The van der Waals surface area contributed by atoms with Gasteiger partial charge in [-0.1, -0.05) is 24.3 Å². The summed E-state index contributed by atoms with van der Waals surface area (Å²) in [6.07, 6.45) is 0.929. The highest BCUT2D eigenvalue weighted by atomic mass is 32.2. The predicted octanol–water partition coefficient (Wildman–Crippen LogP) is 1.46. The Morgan fingerprint density at radius 1 is 1.25 bits per heavy atom. The minimum atomic E-state index is -1.80. The summed E-state index contributed by atoms with van der Waals surface area (Å²) >= 11 is 0. The van der Waals surface area contributed by atoms with Crippen LogP contribution in [0.4, 0.5) is 0 Å². The molecule has 0 aliphatic carbocycles. The average molecular weight is 180 g/mol. The third kappa shape index (κ3) is 1.39. The molecular formula is C10H12OS. The molecule has 0 fully saturated rings. The molecule has 0 N–H and O–H groups in total. The molecule has 1 nitrogen and oxygen atoms in total. The lowest BCUT2D eigenvalue weighted by molar-refractivity contribution is 0.677. The largest absolute Gasteiger partial charge is 0.268 e. The first kappa shape index (κ1) is 7.87. The molecule has 1 aliphatic rings. The Balaban J connectivity index is 2.48. The normalized spacial score (nSPS) is 28.0. The molecule has 0 aromatic heterocycles. The van der Waals surface area contributed by atoms with Gasteiger partial charge in [-0.2, -0.15) is 0 Å². The molecular weight excluding hydrogens is 168 g/mol. The van der Waals surface area contributed by atoms with E-state index >= 15 is 0 Å². The van der Waals surface area contributed by atoms with Crippen LogP contribution in [0, 0.1) is 0 Å². The van der Waals surface area contributed by atoms with Gasteiger partial charge in [0.1, 0.15) is 0 Å². The lowest BCUT2D eigenvalue weighted by atomic mass is 10.1. The molecule has 64 valence electrons. The van der Waals surface area contributed by atoms with Crippen LogP contribution in [0.3, 0.4) is 0 Å². The molecule has 0 spiro atoms. The predicted molar refractivity (Wildman–Crippen MR) is 54.0 cm³/mol. The minimum absolute atomic E-state index is 0.670. The van der Waals surface area contributed by atoms with Gasteiger partial charge in [-0.3, -0.25) is 4.21 Å². The van der Waals surface area contributed by atoms with E-state index in [0.29, 0.717) is 5.75 Å². The number of rotatable bonds is 0. The van der Waals surface area contributed by atoms with Crippen LogP contribution in [0.1, 0.15) is 11.1 Å². The third-order valence-electron chi connectivity index (χ3n) is 2.28. The summed E-state index contributed by atoms with van der Waals surface area (Å²) in [5.74, 6) is 5.18. The molecule has 0 bridgehead atoms. The van der Waals surface area contributed by atoms with E-state index in [9.17, 15) is 4.21 Å². The Hall–Kier alpha value is -0.760. The fourth-order valence-corrected chi connectivity index (χ4v) is 3.18. The van der Waals surface area contributed by atoms with Crippen LogP contribution in [0.2, 0.25) is 0 Å². The SMILES string of the molecule is C=S1(=O)CCc2ccccc2C1. The molecule has 0 saturated heterocycles. The number of fused-ring (bicyclic) bond motifs is 1. The van der Waals surface area contributed by atoms with Crippen LogP contribution in [0.5, 0.6) is 0 Å². The summed E-state index contributed by atoms with van der Waals surface area (Å²) in [5, 5.41) is 0. The molecule has 0 radical (unpaired) electrons. The van der Waals surface area contributed by atoms with Crippen LogP contribution in [0.15, 0.2) is 24.3 Å². The molecule has 1 aromatic rings. The van der Waals surface area contributed by atoms with Crippen molar-refractivity contribution in [3.8, 4) is 0 Å². The van der Waals surface area contributed by atoms with Gasteiger partial charge in [0.05, 0.1) is 0 Å². The number of aryl methyl sites for hydroxylation is 1. The molecule has 1 aromatic carbocycles. The van der Waals surface area contributed by atoms with E-state index in [-0.39, 0.29) is 0 Å². The molecule has 12 heavy (non-hydrogen) atoms. The average Bonchev–Trinajstić information content (AvgIpc) is 2.02. The summed E-state index contributed by atoms with van der Waals surface area (Å²) in [6, 6.07) is 8.21. The molecule has 2 rings (SSSR count). The Bertz CT molecular complexity index is 390. The highest BCUT2D eigenvalue weighted by Crippen LogP contribution is 2.19. The number of hydrogen-bond donors (Lipinski definition) is 0. The first-order chi connectivity index (χ1) is 5.67. The van der Waals surface area contributed by atoms with Crippen molar-refractivity contribution in [2.24, 2.45) is 0 Å². The van der Waals surface area contributed by atoms with Crippen molar-refractivity contribution in [3.63, 3.8) is 0 Å². The summed E-state index contributed by atoms with van der Waals surface area (Å²) in [6.45, 7) is 0. The topological polar surface area (TPSA) is 17.1 Å². The van der Waals surface area contributed by atoms with Crippen molar-refractivity contribution in [3.05, 3.63) is 35.4 Å². The molecule has 1 heterocycles. The zero-order valence-electron chi connectivity index (χ0n) is 6.95. The molecule has 1 unspecified atom stereocenters. The van der Waals surface area contributed by atoms with Crippen molar-refractivity contribution in [2.45, 2.75) is 12.2 Å². The molecule has 0 amide bonds. The van der Waals surface area contributed by atoms with Crippen molar-refractivity contribution < 1.29 is 4.21 Å². The Morgan fingerprint density at radius 3 is 2.67 bits per heavy atom. The second kappa shape index (κ2) is 2.63. The van der Waals surface area contributed by atoms with E-state index in [4.69, 9.17) is 0 Å². The van der Waals surface area contributed by atoms with E-state index in [1.807, 2.05) is 12.1 Å². The Morgan fingerprint density at radius 2 is 1.92 bits per heavy atom. The maximum absolute atomic E-state index is 11.7. The van der Waals surface area contributed by atoms with Crippen molar-refractivity contribution in [1.82, 2.24) is 0 Å². The number of hydrogen-bond acceptors (Lipinski definition) is 1. The maximum Gasteiger partial charge on any atom is 0.0412 e. The van der Waals surface area contributed by atoms with E-state index in [2.05, 4.69) is 18.0 Å². The highest BCUT2D eigenvalue weighted by molar-refractivity contribution is 7.99. The van der Waals surface area contributed by atoms with Gasteiger partial charge in [-0.05, 0) is 32.9 Å². The van der Waals surface area contributed by atoms with Crippen LogP contribution < -0.4 is 0 Å². The summed E-state index contributed by atoms with van der Waals surface area (Å²) < 4.78 is 11.7. The van der Waals surface area contributed by atoms with Gasteiger partial charge in [0.15, 0.2) is 0 Å². The van der Waals surface area contributed by atoms with Gasteiger partial charge in [0, 0.05) is 11.5 Å². The number of benzene rings is 1. The smallest absolute Gasteiger partial charge is 0.0412 e. The summed E-state index contributed by atoms with van der Waals surface area (Å²) in [5.41, 5.74) is 2.57. The fraction of sp³-hybridized carbons (Fsp3) is 0.300. The monoisotopic (exact) mass is 180 g/mol. The zero-order valence-corrected chi connectivity index (χ0v) is 7.77. The summed E-state index contributed by atoms with van der Waals surface area (Å²) in [4.78, 5) is 0. The molecule has 1 atom stereocenters. The first-order valence-electron chi connectivity index (χ1n) is 4.07. The zero-order chi connectivity index (χ0) is 8.60. The first-order valence-corrected chi connectivity index (χ1v) is 6.13. The lowest BCUT2D eigenvalue weighted by Gasteiger charge is -2.18. The standard InChI is InChI=1S/C10H12OS/c1-12(11)7-6-9-4-2-3-5-10(9)8-12/h2-5H,1,6-8H2. The van der Waals surface area contributed by atoms with Crippen LogP contribution in [0.25, 0.3) is 0 Å². The van der Waals surface area contributed by atoms with Gasteiger partial charge in [0.25, 0.3) is 0 Å². The summed E-state index contributed by atoms with van der Waals surface area (Å²) in [7, 11) is -1.80. The van der Waals surface area contributed by atoms with Gasteiger partial charge >= 0.3 is 0 Å². The van der Waals surface area contributed by atoms with Gasteiger partial charge < -0.3 is 0 Å². The van der Waals surface area contributed by atoms with Crippen LogP contribution in [-0.2, 0) is 21.7 Å². The van der Waals surface area contributed by atoms with E-state index in [0.717, 1.165) is 12.2 Å². The van der Waals surface area contributed by atoms with Crippen LogP contribution in [-0.4, -0.2) is 15.8 Å². The lowest BCUT2D eigenvalue weighted by Crippen LogP contribution is -2.18. The fourth-order valence-electron chi connectivity index (χ4n) is 1.59. The maximum atomic E-state index is 11.7. The highest BCUT2D eigenvalue weighted by Gasteiger charge is 2.15. The second-order valence-electron chi connectivity index (χ2n) is 3.33. The molecule has 0 saturated carbocycles. The second-order valence-corrected chi connectivity index (χ2v) is 5.96. The van der Waals surface area contributed by atoms with Gasteiger partial charge in [-0.15, -0.1) is 0 Å². The Kier molecular flexibility index (Phi) is 1.72. The molecule has 1 aliphatic heterocycles. The molecule has 2 heteroatoms. The van der Waals surface area contributed by atoms with Crippen molar-refractivity contribution in [2.75, 3.05) is 5.75 Å². The van der Waals surface area contributed by atoms with Gasteiger partial charge in [0.2, 0.25) is 0 Å². The van der Waals surface area contributed by atoms with E-state index in [1.54, 1.807) is 0 Å². The minimum Gasteiger partial charge on any atom is -0.268 e. The van der Waals surface area contributed by atoms with Crippen molar-refractivity contribution >= 4 is 15.4 Å². The third-order valence-corrected chi connectivity index (χ3v) is 4.07. The van der Waals surface area contributed by atoms with Crippen molar-refractivity contribution in [1.29, 1.82) is 0 Å². The van der Waals surface area contributed by atoms with Crippen LogP contribution >= 0.6 is 0 Å². The van der Waals surface area contributed by atoms with E-state index in [1.165, 1.54) is 11.1 Å². The van der Waals surface area contributed by atoms with E-state index < -0.39 is 9.52 Å². The van der Waals surface area contributed by atoms with Gasteiger partial charge in [-0.25, -0.2) is 0 Å². The Labute approximate surface area is 73.4 Å².